The van der Waals surface area contributed by atoms with E-state index in [0.29, 0.717) is 11.3 Å². The number of rotatable bonds is 3. The van der Waals surface area contributed by atoms with E-state index in [-0.39, 0.29) is 24.2 Å². The summed E-state index contributed by atoms with van der Waals surface area (Å²) in [5.41, 5.74) is 6.52. The zero-order valence-corrected chi connectivity index (χ0v) is 9.17. The lowest BCUT2D eigenvalue weighted by molar-refractivity contribution is 0.392. The molecule has 0 aromatic heterocycles. The van der Waals surface area contributed by atoms with E-state index >= 15 is 0 Å². The molecular weight excluding hydrogens is 202 g/mol. The van der Waals surface area contributed by atoms with Crippen molar-refractivity contribution in [2.75, 3.05) is 7.11 Å². The van der Waals surface area contributed by atoms with Crippen LogP contribution in [0.3, 0.4) is 0 Å². The number of halogens is 1. The molecular formula is C10H16ClNO2. The molecule has 0 bridgehead atoms. The molecule has 1 aromatic carbocycles. The van der Waals surface area contributed by atoms with Crippen molar-refractivity contribution in [3.8, 4) is 11.5 Å². The van der Waals surface area contributed by atoms with Crippen molar-refractivity contribution in [3.05, 3.63) is 23.8 Å². The minimum absolute atomic E-state index is 0. The predicted octanol–water partition coefficient (Wildman–Crippen LogP) is 2.23. The van der Waals surface area contributed by atoms with Gasteiger partial charge in [-0.3, -0.25) is 0 Å². The van der Waals surface area contributed by atoms with Crippen LogP contribution < -0.4 is 10.5 Å². The molecule has 4 heteroatoms. The van der Waals surface area contributed by atoms with Crippen LogP contribution >= 0.6 is 12.4 Å². The molecule has 0 radical (unpaired) electrons. The molecule has 3 nitrogen and oxygen atoms in total. The van der Waals surface area contributed by atoms with Crippen LogP contribution in [0.15, 0.2) is 18.2 Å². The number of phenolic OH excluding ortho intramolecular Hbond substituents is 1. The molecule has 14 heavy (non-hydrogen) atoms. The van der Waals surface area contributed by atoms with E-state index in [0.717, 1.165) is 6.42 Å². The summed E-state index contributed by atoms with van der Waals surface area (Å²) in [7, 11) is 1.57. The van der Waals surface area contributed by atoms with E-state index in [1.54, 1.807) is 25.3 Å². The van der Waals surface area contributed by atoms with E-state index < -0.39 is 0 Å². The Morgan fingerprint density at radius 1 is 1.50 bits per heavy atom. The fourth-order valence-electron chi connectivity index (χ4n) is 1.29. The van der Waals surface area contributed by atoms with E-state index in [9.17, 15) is 5.11 Å². The van der Waals surface area contributed by atoms with Crippen molar-refractivity contribution < 1.29 is 9.84 Å². The van der Waals surface area contributed by atoms with Crippen LogP contribution in [-0.4, -0.2) is 12.2 Å². The Morgan fingerprint density at radius 2 is 2.14 bits per heavy atom. The number of aromatic hydroxyl groups is 1. The normalized spacial score (nSPS) is 11.6. The van der Waals surface area contributed by atoms with E-state index in [4.69, 9.17) is 10.5 Å². The lowest BCUT2D eigenvalue weighted by atomic mass is 10.0. The minimum Gasteiger partial charge on any atom is -0.507 e. The zero-order valence-electron chi connectivity index (χ0n) is 8.36. The van der Waals surface area contributed by atoms with Crippen LogP contribution in [0.5, 0.6) is 11.5 Å². The van der Waals surface area contributed by atoms with Gasteiger partial charge >= 0.3 is 0 Å². The summed E-state index contributed by atoms with van der Waals surface area (Å²) in [6, 6.07) is 4.98. The van der Waals surface area contributed by atoms with E-state index in [1.807, 2.05) is 6.92 Å². The molecule has 0 aliphatic rings. The summed E-state index contributed by atoms with van der Waals surface area (Å²) in [5, 5.41) is 9.56. The summed E-state index contributed by atoms with van der Waals surface area (Å²) in [6.07, 6.45) is 0.772. The maximum absolute atomic E-state index is 9.56. The number of benzene rings is 1. The first-order valence-electron chi connectivity index (χ1n) is 4.32. The average Bonchev–Trinajstić information content (AvgIpc) is 2.16. The number of nitrogens with two attached hydrogens (primary N) is 1. The Kier molecular flexibility index (Phi) is 5.35. The molecule has 0 heterocycles. The summed E-state index contributed by atoms with van der Waals surface area (Å²) in [4.78, 5) is 0. The quantitative estimate of drug-likeness (QED) is 0.817. The van der Waals surface area contributed by atoms with Gasteiger partial charge in [-0.05, 0) is 18.6 Å². The number of ether oxygens (including phenoxy) is 1. The molecule has 0 fully saturated rings. The van der Waals surface area contributed by atoms with Gasteiger partial charge in [-0.2, -0.15) is 0 Å². The van der Waals surface area contributed by atoms with Gasteiger partial charge in [0.15, 0.2) is 0 Å². The molecule has 1 rings (SSSR count). The highest BCUT2D eigenvalue weighted by atomic mass is 35.5. The molecule has 0 saturated heterocycles. The number of methoxy groups -OCH3 is 1. The van der Waals surface area contributed by atoms with Crippen molar-refractivity contribution in [2.24, 2.45) is 5.73 Å². The van der Waals surface area contributed by atoms with Crippen molar-refractivity contribution in [1.29, 1.82) is 0 Å². The summed E-state index contributed by atoms with van der Waals surface area (Å²) in [5.74, 6) is 0.850. The van der Waals surface area contributed by atoms with Crippen molar-refractivity contribution in [1.82, 2.24) is 0 Å². The topological polar surface area (TPSA) is 55.5 Å². The average molecular weight is 218 g/mol. The standard InChI is InChI=1S/C10H15NO2.ClH/c1-3-7(11)10-8(12)5-4-6-9(10)13-2;/h4-7,12H,3,11H2,1-2H3;1H/t7-;/m1./s1. The summed E-state index contributed by atoms with van der Waals surface area (Å²) in [6.45, 7) is 1.97. The SMILES string of the molecule is CC[C@@H](N)c1c(O)cccc1OC.Cl. The smallest absolute Gasteiger partial charge is 0.127 e. The first-order chi connectivity index (χ1) is 6.20. The van der Waals surface area contributed by atoms with Gasteiger partial charge in [-0.1, -0.05) is 13.0 Å². The molecule has 0 aliphatic carbocycles. The molecule has 0 unspecified atom stereocenters. The Balaban J connectivity index is 0.00000169. The van der Waals surface area contributed by atoms with Crippen LogP contribution in [0.1, 0.15) is 24.9 Å². The van der Waals surface area contributed by atoms with Crippen LogP contribution in [0, 0.1) is 0 Å². The van der Waals surface area contributed by atoms with Crippen molar-refractivity contribution >= 4 is 12.4 Å². The third-order valence-corrected chi connectivity index (χ3v) is 2.07. The lowest BCUT2D eigenvalue weighted by Crippen LogP contribution is -2.10. The highest BCUT2D eigenvalue weighted by molar-refractivity contribution is 5.85. The third kappa shape index (κ3) is 2.53. The number of hydrogen-bond donors (Lipinski definition) is 2. The molecule has 0 aliphatic heterocycles. The summed E-state index contributed by atoms with van der Waals surface area (Å²) < 4.78 is 5.11. The van der Waals surface area contributed by atoms with Gasteiger partial charge in [0.1, 0.15) is 11.5 Å². The first-order valence-corrected chi connectivity index (χ1v) is 4.32. The Morgan fingerprint density at radius 3 is 2.64 bits per heavy atom. The Bertz CT molecular complexity index is 291. The maximum Gasteiger partial charge on any atom is 0.127 e. The van der Waals surface area contributed by atoms with E-state index in [1.165, 1.54) is 0 Å². The molecule has 80 valence electrons. The van der Waals surface area contributed by atoms with Gasteiger partial charge in [0.25, 0.3) is 0 Å². The minimum atomic E-state index is -0.170. The van der Waals surface area contributed by atoms with Gasteiger partial charge in [0, 0.05) is 6.04 Å². The van der Waals surface area contributed by atoms with Gasteiger partial charge in [0.05, 0.1) is 12.7 Å². The van der Waals surface area contributed by atoms with Gasteiger partial charge < -0.3 is 15.6 Å². The first kappa shape index (κ1) is 13.1. The fraction of sp³-hybridized carbons (Fsp3) is 0.400. The lowest BCUT2D eigenvalue weighted by Gasteiger charge is -2.15. The third-order valence-electron chi connectivity index (χ3n) is 2.07. The highest BCUT2D eigenvalue weighted by Crippen LogP contribution is 2.33. The van der Waals surface area contributed by atoms with Crippen molar-refractivity contribution in [3.63, 3.8) is 0 Å². The van der Waals surface area contributed by atoms with Gasteiger partial charge in [-0.25, -0.2) is 0 Å². The number of phenols is 1. The second-order valence-electron chi connectivity index (χ2n) is 2.91. The van der Waals surface area contributed by atoms with Gasteiger partial charge in [-0.15, -0.1) is 12.4 Å². The Hall–Kier alpha value is -0.930. The highest BCUT2D eigenvalue weighted by Gasteiger charge is 2.14. The van der Waals surface area contributed by atoms with Crippen LogP contribution in [0.25, 0.3) is 0 Å². The Labute approximate surface area is 90.3 Å². The largest absolute Gasteiger partial charge is 0.507 e. The number of hydrogen-bond acceptors (Lipinski definition) is 3. The van der Waals surface area contributed by atoms with E-state index in [2.05, 4.69) is 0 Å². The molecule has 3 N–H and O–H groups in total. The predicted molar refractivity (Wildman–Crippen MR) is 59.1 cm³/mol. The van der Waals surface area contributed by atoms with Crippen LogP contribution in [0.2, 0.25) is 0 Å². The summed E-state index contributed by atoms with van der Waals surface area (Å²) >= 11 is 0. The van der Waals surface area contributed by atoms with Crippen LogP contribution in [-0.2, 0) is 0 Å². The molecule has 1 atom stereocenters. The zero-order chi connectivity index (χ0) is 9.84. The van der Waals surface area contributed by atoms with Crippen LogP contribution in [0.4, 0.5) is 0 Å². The molecule has 0 saturated carbocycles. The second kappa shape index (κ2) is 5.73. The van der Waals surface area contributed by atoms with Crippen molar-refractivity contribution in [2.45, 2.75) is 19.4 Å². The molecule has 0 amide bonds. The monoisotopic (exact) mass is 217 g/mol. The maximum atomic E-state index is 9.56. The molecule has 0 spiro atoms. The second-order valence-corrected chi connectivity index (χ2v) is 2.91. The van der Waals surface area contributed by atoms with Gasteiger partial charge in [0.2, 0.25) is 0 Å². The molecule has 1 aromatic rings. The fourth-order valence-corrected chi connectivity index (χ4v) is 1.29.